The molecule has 0 amide bonds. The van der Waals surface area contributed by atoms with Crippen LogP contribution in [-0.2, 0) is 0 Å². The molecule has 0 nitrogen and oxygen atoms in total. The number of rotatable bonds is 2. The Hall–Kier alpha value is -4.76. The first-order valence-corrected chi connectivity index (χ1v) is 16.0. The molecule has 2 aromatic heterocycles. The van der Waals surface area contributed by atoms with Gasteiger partial charge in [0.2, 0.25) is 0 Å². The van der Waals surface area contributed by atoms with Crippen LogP contribution in [0.1, 0.15) is 0 Å². The SMILES string of the molecule is c1ccc2c(c1)sc1cc(-c3ccc4ccc5c(-c6cccc7c6sc6ccccc67)ccc6ccc3c4c65)ccc12. The van der Waals surface area contributed by atoms with Gasteiger partial charge in [-0.15, -0.1) is 22.7 Å². The van der Waals surface area contributed by atoms with Crippen LogP contribution >= 0.6 is 22.7 Å². The van der Waals surface area contributed by atoms with Crippen LogP contribution in [-0.4, -0.2) is 0 Å². The first kappa shape index (κ1) is 22.9. The normalized spacial score (nSPS) is 12.3. The fraction of sp³-hybridized carbons (Fsp3) is 0. The van der Waals surface area contributed by atoms with Gasteiger partial charge in [0.25, 0.3) is 0 Å². The lowest BCUT2D eigenvalue weighted by atomic mass is 9.87. The minimum atomic E-state index is 1.28. The number of fused-ring (bicyclic) bond motifs is 6. The van der Waals surface area contributed by atoms with Crippen LogP contribution in [0.25, 0.3) is 94.9 Å². The summed E-state index contributed by atoms with van der Waals surface area (Å²) < 4.78 is 5.41. The second kappa shape index (κ2) is 8.39. The zero-order chi connectivity index (χ0) is 27.4. The highest BCUT2D eigenvalue weighted by molar-refractivity contribution is 7.26. The van der Waals surface area contributed by atoms with E-state index in [1.165, 1.54) is 94.9 Å². The molecule has 0 fully saturated rings. The minimum Gasteiger partial charge on any atom is -0.135 e. The van der Waals surface area contributed by atoms with Gasteiger partial charge in [-0.05, 0) is 67.2 Å². The monoisotopic (exact) mass is 566 g/mol. The van der Waals surface area contributed by atoms with Crippen molar-refractivity contribution in [3.8, 4) is 22.3 Å². The van der Waals surface area contributed by atoms with E-state index in [9.17, 15) is 0 Å². The Kier molecular flexibility index (Phi) is 4.57. The maximum Gasteiger partial charge on any atom is 0.0434 e. The molecule has 42 heavy (non-hydrogen) atoms. The lowest BCUT2D eigenvalue weighted by molar-refractivity contribution is 1.71. The van der Waals surface area contributed by atoms with E-state index in [0.29, 0.717) is 0 Å². The Bertz CT molecular complexity index is 2680. The average Bonchev–Trinajstić information content (AvgIpc) is 3.61. The largest absolute Gasteiger partial charge is 0.135 e. The van der Waals surface area contributed by atoms with Crippen molar-refractivity contribution in [1.29, 1.82) is 0 Å². The predicted molar refractivity (Wildman–Crippen MR) is 187 cm³/mol. The van der Waals surface area contributed by atoms with Crippen molar-refractivity contribution < 1.29 is 0 Å². The summed E-state index contributed by atoms with van der Waals surface area (Å²) in [5.74, 6) is 0. The summed E-state index contributed by atoms with van der Waals surface area (Å²) in [7, 11) is 0. The fourth-order valence-corrected chi connectivity index (χ4v) is 9.52. The first-order valence-electron chi connectivity index (χ1n) is 14.3. The molecular weight excluding hydrogens is 545 g/mol. The molecule has 0 atom stereocenters. The summed E-state index contributed by atoms with van der Waals surface area (Å²) in [6.45, 7) is 0. The van der Waals surface area contributed by atoms with Gasteiger partial charge >= 0.3 is 0 Å². The van der Waals surface area contributed by atoms with E-state index in [4.69, 9.17) is 0 Å². The van der Waals surface area contributed by atoms with Crippen molar-refractivity contribution in [3.63, 3.8) is 0 Å². The molecule has 0 saturated carbocycles. The van der Waals surface area contributed by atoms with Crippen LogP contribution in [0, 0.1) is 0 Å². The van der Waals surface area contributed by atoms with Crippen LogP contribution in [0.4, 0.5) is 0 Å². The Morgan fingerprint density at radius 1 is 0.333 bits per heavy atom. The van der Waals surface area contributed by atoms with Gasteiger partial charge < -0.3 is 0 Å². The Morgan fingerprint density at radius 3 is 1.69 bits per heavy atom. The van der Waals surface area contributed by atoms with Gasteiger partial charge in [0.15, 0.2) is 0 Å². The molecule has 2 heteroatoms. The highest BCUT2D eigenvalue weighted by Crippen LogP contribution is 2.46. The molecule has 10 rings (SSSR count). The first-order chi connectivity index (χ1) is 20.8. The minimum absolute atomic E-state index is 1.28. The molecule has 8 aromatic carbocycles. The molecule has 0 unspecified atom stereocenters. The zero-order valence-electron chi connectivity index (χ0n) is 22.5. The van der Waals surface area contributed by atoms with E-state index in [-0.39, 0.29) is 0 Å². The van der Waals surface area contributed by atoms with Gasteiger partial charge in [-0.2, -0.15) is 0 Å². The Labute approximate surface area is 250 Å². The van der Waals surface area contributed by atoms with Gasteiger partial charge in [-0.25, -0.2) is 0 Å². The average molecular weight is 567 g/mol. The standard InChI is InChI=1S/C40H22S2/c1-3-10-35-28(6-1)30-19-16-25(22-37(30)41-35)26-17-12-23-15-21-32-27(18-13-24-14-20-31(26)38(23)39(24)32)33-8-5-9-34-29-7-2-4-11-36(29)42-40(33)34/h1-22H. The summed E-state index contributed by atoms with van der Waals surface area (Å²) in [6, 6.07) is 49.9. The smallest absolute Gasteiger partial charge is 0.0434 e. The predicted octanol–water partition coefficient (Wildman–Crippen LogP) is 12.7. The summed E-state index contributed by atoms with van der Waals surface area (Å²) in [5.41, 5.74) is 5.21. The molecule has 0 spiro atoms. The summed E-state index contributed by atoms with van der Waals surface area (Å²) in [5, 5.41) is 13.4. The van der Waals surface area contributed by atoms with Crippen LogP contribution in [0.3, 0.4) is 0 Å². The molecule has 0 N–H and O–H groups in total. The lowest BCUT2D eigenvalue weighted by Gasteiger charge is -2.17. The molecule has 0 aliphatic rings. The molecular formula is C40H22S2. The van der Waals surface area contributed by atoms with E-state index in [0.717, 1.165) is 0 Å². The number of hydrogen-bond donors (Lipinski definition) is 0. The third-order valence-electron chi connectivity index (χ3n) is 9.05. The maximum absolute atomic E-state index is 2.39. The van der Waals surface area contributed by atoms with E-state index in [1.54, 1.807) is 0 Å². The second-order valence-electron chi connectivity index (χ2n) is 11.2. The van der Waals surface area contributed by atoms with Crippen LogP contribution in [0.5, 0.6) is 0 Å². The number of benzene rings is 8. The molecule has 0 bridgehead atoms. The zero-order valence-corrected chi connectivity index (χ0v) is 24.2. The van der Waals surface area contributed by atoms with Crippen LogP contribution < -0.4 is 0 Å². The van der Waals surface area contributed by atoms with Crippen molar-refractivity contribution in [2.45, 2.75) is 0 Å². The van der Waals surface area contributed by atoms with Gasteiger partial charge in [0, 0.05) is 45.9 Å². The van der Waals surface area contributed by atoms with Crippen molar-refractivity contribution >= 4 is 95.3 Å². The maximum atomic E-state index is 2.39. The van der Waals surface area contributed by atoms with E-state index < -0.39 is 0 Å². The third-order valence-corrected chi connectivity index (χ3v) is 11.4. The molecule has 0 saturated heterocycles. The van der Waals surface area contributed by atoms with Crippen LogP contribution in [0.2, 0.25) is 0 Å². The highest BCUT2D eigenvalue weighted by atomic mass is 32.1. The molecule has 0 aliphatic heterocycles. The van der Waals surface area contributed by atoms with E-state index in [2.05, 4.69) is 133 Å². The van der Waals surface area contributed by atoms with Crippen molar-refractivity contribution in [2.75, 3.05) is 0 Å². The fourth-order valence-electron chi connectivity index (χ4n) is 7.14. The van der Waals surface area contributed by atoms with Gasteiger partial charge in [-0.3, -0.25) is 0 Å². The van der Waals surface area contributed by atoms with E-state index in [1.807, 2.05) is 22.7 Å². The molecule has 0 aliphatic carbocycles. The van der Waals surface area contributed by atoms with Crippen LogP contribution in [0.15, 0.2) is 133 Å². The Morgan fingerprint density at radius 2 is 0.905 bits per heavy atom. The van der Waals surface area contributed by atoms with Gasteiger partial charge in [0.1, 0.15) is 0 Å². The summed E-state index contributed by atoms with van der Waals surface area (Å²) in [6.07, 6.45) is 0. The Balaban J connectivity index is 1.25. The summed E-state index contributed by atoms with van der Waals surface area (Å²) in [4.78, 5) is 0. The molecule has 194 valence electrons. The second-order valence-corrected chi connectivity index (χ2v) is 13.4. The molecule has 2 heterocycles. The summed E-state index contributed by atoms with van der Waals surface area (Å²) >= 11 is 3.79. The number of hydrogen-bond acceptors (Lipinski definition) is 2. The topological polar surface area (TPSA) is 0 Å². The highest BCUT2D eigenvalue weighted by Gasteiger charge is 2.17. The van der Waals surface area contributed by atoms with E-state index >= 15 is 0 Å². The van der Waals surface area contributed by atoms with Crippen molar-refractivity contribution in [1.82, 2.24) is 0 Å². The third kappa shape index (κ3) is 3.06. The lowest BCUT2D eigenvalue weighted by Crippen LogP contribution is -1.89. The molecule has 10 aromatic rings. The van der Waals surface area contributed by atoms with Crippen molar-refractivity contribution in [2.24, 2.45) is 0 Å². The molecule has 0 radical (unpaired) electrons. The number of thiophene rings is 2. The quantitative estimate of drug-likeness (QED) is 0.183. The van der Waals surface area contributed by atoms with Gasteiger partial charge in [-0.1, -0.05) is 115 Å². The van der Waals surface area contributed by atoms with Gasteiger partial charge in [0.05, 0.1) is 0 Å². The van der Waals surface area contributed by atoms with Crippen molar-refractivity contribution in [3.05, 3.63) is 133 Å².